The molecular weight excluding hydrogens is 212 g/mol. The van der Waals surface area contributed by atoms with Crippen LogP contribution in [-0.4, -0.2) is 47.3 Å². The number of hydrogen-bond acceptors (Lipinski definition) is 3. The van der Waals surface area contributed by atoms with Gasteiger partial charge in [0.25, 0.3) is 0 Å². The number of rotatable bonds is 5. The van der Waals surface area contributed by atoms with Gasteiger partial charge in [-0.2, -0.15) is 0 Å². The zero-order valence-corrected chi connectivity index (χ0v) is 11.4. The van der Waals surface area contributed by atoms with Crippen molar-refractivity contribution in [2.45, 2.75) is 70.1 Å². The Morgan fingerprint density at radius 1 is 1.18 bits per heavy atom. The monoisotopic (exact) mass is 240 g/mol. The Hall–Kier alpha value is -0.120. The highest BCUT2D eigenvalue weighted by Gasteiger charge is 2.36. The van der Waals surface area contributed by atoms with Crippen molar-refractivity contribution in [2.75, 3.05) is 19.6 Å². The summed E-state index contributed by atoms with van der Waals surface area (Å²) >= 11 is 0. The van der Waals surface area contributed by atoms with Gasteiger partial charge >= 0.3 is 0 Å². The third-order valence-corrected chi connectivity index (χ3v) is 4.87. The van der Waals surface area contributed by atoms with Crippen molar-refractivity contribution in [3.05, 3.63) is 0 Å². The number of aliphatic hydroxyl groups is 1. The van der Waals surface area contributed by atoms with Gasteiger partial charge < -0.3 is 10.4 Å². The number of hydrogen-bond donors (Lipinski definition) is 2. The van der Waals surface area contributed by atoms with Gasteiger partial charge in [-0.3, -0.25) is 4.90 Å². The SMILES string of the molecule is CCC(O)(CC)CNC1CCN2CCCCC12. The van der Waals surface area contributed by atoms with Gasteiger partial charge in [0.1, 0.15) is 0 Å². The first kappa shape index (κ1) is 13.3. The Labute approximate surface area is 106 Å². The van der Waals surface area contributed by atoms with E-state index in [-0.39, 0.29) is 0 Å². The molecule has 2 N–H and O–H groups in total. The molecule has 2 rings (SSSR count). The second kappa shape index (κ2) is 5.68. The fourth-order valence-corrected chi connectivity index (χ4v) is 3.31. The zero-order chi connectivity index (χ0) is 12.3. The molecule has 2 aliphatic rings. The van der Waals surface area contributed by atoms with Crippen molar-refractivity contribution in [3.8, 4) is 0 Å². The van der Waals surface area contributed by atoms with Gasteiger partial charge in [0.05, 0.1) is 5.60 Å². The Bertz CT molecular complexity index is 240. The molecule has 0 bridgehead atoms. The maximum atomic E-state index is 10.3. The van der Waals surface area contributed by atoms with Crippen LogP contribution >= 0.6 is 0 Å². The largest absolute Gasteiger partial charge is 0.389 e. The van der Waals surface area contributed by atoms with Crippen LogP contribution in [0.4, 0.5) is 0 Å². The lowest BCUT2D eigenvalue weighted by molar-refractivity contribution is 0.0279. The molecule has 2 saturated heterocycles. The summed E-state index contributed by atoms with van der Waals surface area (Å²) < 4.78 is 0. The zero-order valence-electron chi connectivity index (χ0n) is 11.4. The molecule has 2 aliphatic heterocycles. The summed E-state index contributed by atoms with van der Waals surface area (Å²) in [5.74, 6) is 0. The summed E-state index contributed by atoms with van der Waals surface area (Å²) in [6, 6.07) is 1.35. The molecular formula is C14H28N2O. The predicted octanol–water partition coefficient (Wildman–Crippen LogP) is 1.75. The molecule has 0 spiro atoms. The molecule has 2 unspecified atom stereocenters. The van der Waals surface area contributed by atoms with Gasteiger partial charge in [-0.15, -0.1) is 0 Å². The molecule has 2 heterocycles. The number of nitrogens with zero attached hydrogens (tertiary/aromatic N) is 1. The molecule has 0 aliphatic carbocycles. The van der Waals surface area contributed by atoms with Gasteiger partial charge in [-0.1, -0.05) is 20.3 Å². The average molecular weight is 240 g/mol. The highest BCUT2D eigenvalue weighted by molar-refractivity contribution is 4.95. The third-order valence-electron chi connectivity index (χ3n) is 4.87. The molecule has 0 saturated carbocycles. The van der Waals surface area contributed by atoms with Crippen LogP contribution in [0.5, 0.6) is 0 Å². The summed E-state index contributed by atoms with van der Waals surface area (Å²) in [5.41, 5.74) is -0.498. The number of piperidine rings is 1. The Morgan fingerprint density at radius 2 is 1.94 bits per heavy atom. The van der Waals surface area contributed by atoms with Gasteiger partial charge in [0, 0.05) is 25.2 Å². The van der Waals surface area contributed by atoms with E-state index in [2.05, 4.69) is 24.1 Å². The number of nitrogens with one attached hydrogen (secondary N) is 1. The molecule has 3 nitrogen and oxygen atoms in total. The van der Waals surface area contributed by atoms with Crippen LogP contribution in [0.15, 0.2) is 0 Å². The Kier molecular flexibility index (Phi) is 4.45. The minimum absolute atomic E-state index is 0.498. The lowest BCUT2D eigenvalue weighted by Crippen LogP contribution is -2.49. The summed E-state index contributed by atoms with van der Waals surface area (Å²) in [6.45, 7) is 7.45. The summed E-state index contributed by atoms with van der Waals surface area (Å²) in [5, 5.41) is 13.9. The standard InChI is InChI=1S/C14H28N2O/c1-3-14(17,4-2)11-15-12-8-10-16-9-6-5-7-13(12)16/h12-13,15,17H,3-11H2,1-2H3. The van der Waals surface area contributed by atoms with Crippen molar-refractivity contribution < 1.29 is 5.11 Å². The maximum absolute atomic E-state index is 10.3. The first-order valence-corrected chi connectivity index (χ1v) is 7.38. The van der Waals surface area contributed by atoms with Crippen LogP contribution in [0.1, 0.15) is 52.4 Å². The predicted molar refractivity (Wildman–Crippen MR) is 71.2 cm³/mol. The topological polar surface area (TPSA) is 35.5 Å². The van der Waals surface area contributed by atoms with Gasteiger partial charge in [-0.05, 0) is 38.6 Å². The fourth-order valence-electron chi connectivity index (χ4n) is 3.31. The molecule has 0 amide bonds. The first-order chi connectivity index (χ1) is 8.18. The van der Waals surface area contributed by atoms with Crippen molar-refractivity contribution in [2.24, 2.45) is 0 Å². The molecule has 0 aromatic carbocycles. The van der Waals surface area contributed by atoms with Gasteiger partial charge in [0.2, 0.25) is 0 Å². The maximum Gasteiger partial charge on any atom is 0.0766 e. The van der Waals surface area contributed by atoms with E-state index < -0.39 is 5.60 Å². The van der Waals surface area contributed by atoms with Crippen LogP contribution in [0.25, 0.3) is 0 Å². The first-order valence-electron chi connectivity index (χ1n) is 7.38. The molecule has 0 aromatic heterocycles. The quantitative estimate of drug-likeness (QED) is 0.768. The van der Waals surface area contributed by atoms with E-state index in [9.17, 15) is 5.11 Å². The van der Waals surface area contributed by atoms with E-state index in [4.69, 9.17) is 0 Å². The van der Waals surface area contributed by atoms with Crippen LogP contribution in [0, 0.1) is 0 Å². The normalized spacial score (nSPS) is 30.5. The van der Waals surface area contributed by atoms with Crippen LogP contribution in [0.2, 0.25) is 0 Å². The molecule has 2 atom stereocenters. The number of fused-ring (bicyclic) bond motifs is 1. The van der Waals surface area contributed by atoms with Gasteiger partial charge in [-0.25, -0.2) is 0 Å². The Balaban J connectivity index is 1.83. The van der Waals surface area contributed by atoms with Crippen LogP contribution in [0.3, 0.4) is 0 Å². The molecule has 100 valence electrons. The second-order valence-electron chi connectivity index (χ2n) is 5.81. The third kappa shape index (κ3) is 3.01. The van der Waals surface area contributed by atoms with Crippen molar-refractivity contribution in [3.63, 3.8) is 0 Å². The van der Waals surface area contributed by atoms with E-state index >= 15 is 0 Å². The fraction of sp³-hybridized carbons (Fsp3) is 1.00. The molecule has 0 radical (unpaired) electrons. The van der Waals surface area contributed by atoms with Crippen molar-refractivity contribution in [1.82, 2.24) is 10.2 Å². The van der Waals surface area contributed by atoms with E-state index in [1.807, 2.05) is 0 Å². The summed E-state index contributed by atoms with van der Waals surface area (Å²) in [7, 11) is 0. The smallest absolute Gasteiger partial charge is 0.0766 e. The summed E-state index contributed by atoms with van der Waals surface area (Å²) in [4.78, 5) is 2.64. The van der Waals surface area contributed by atoms with Crippen LogP contribution in [-0.2, 0) is 0 Å². The minimum Gasteiger partial charge on any atom is -0.389 e. The molecule has 3 heteroatoms. The van der Waals surface area contributed by atoms with E-state index in [0.29, 0.717) is 6.04 Å². The average Bonchev–Trinajstić information content (AvgIpc) is 2.79. The van der Waals surface area contributed by atoms with Crippen LogP contribution < -0.4 is 5.32 Å². The molecule has 0 aromatic rings. The Morgan fingerprint density at radius 3 is 2.65 bits per heavy atom. The van der Waals surface area contributed by atoms with Crippen molar-refractivity contribution >= 4 is 0 Å². The summed E-state index contributed by atoms with van der Waals surface area (Å²) in [6.07, 6.45) is 7.04. The van der Waals surface area contributed by atoms with E-state index in [1.54, 1.807) is 0 Å². The van der Waals surface area contributed by atoms with Gasteiger partial charge in [0.15, 0.2) is 0 Å². The van der Waals surface area contributed by atoms with E-state index in [0.717, 1.165) is 25.4 Å². The highest BCUT2D eigenvalue weighted by Crippen LogP contribution is 2.27. The minimum atomic E-state index is -0.498. The second-order valence-corrected chi connectivity index (χ2v) is 5.81. The van der Waals surface area contributed by atoms with Crippen molar-refractivity contribution in [1.29, 1.82) is 0 Å². The van der Waals surface area contributed by atoms with E-state index in [1.165, 1.54) is 38.8 Å². The lowest BCUT2D eigenvalue weighted by atomic mass is 9.95. The molecule has 2 fully saturated rings. The molecule has 17 heavy (non-hydrogen) atoms. The highest BCUT2D eigenvalue weighted by atomic mass is 16.3. The lowest BCUT2D eigenvalue weighted by Gasteiger charge is -2.34.